The fraction of sp³-hybridized carbons (Fsp3) is 0.438. The Balaban J connectivity index is 2.07. The minimum Gasteiger partial charge on any atom is -0.303 e. The van der Waals surface area contributed by atoms with Gasteiger partial charge in [0.2, 0.25) is 0 Å². The Kier molecular flexibility index (Phi) is 3.70. The lowest BCUT2D eigenvalue weighted by atomic mass is 10.1. The van der Waals surface area contributed by atoms with Crippen LogP contribution in [0.3, 0.4) is 0 Å². The first-order valence-corrected chi connectivity index (χ1v) is 7.47. The topological polar surface area (TPSA) is 64.2 Å². The van der Waals surface area contributed by atoms with Crippen LogP contribution in [0.5, 0.6) is 0 Å². The molecule has 0 bridgehead atoms. The standard InChI is InChI=1S/C16H20N4O2/c1-11-9-12(20(21)22)7-8-15(11)19-16-6-4-5-13(16)14(17-19)10-18(2)3/h7-9H,4-6,10H2,1-3H3. The van der Waals surface area contributed by atoms with E-state index in [0.717, 1.165) is 42.8 Å². The van der Waals surface area contributed by atoms with Crippen molar-refractivity contribution in [2.75, 3.05) is 14.1 Å². The van der Waals surface area contributed by atoms with E-state index in [1.807, 2.05) is 25.7 Å². The lowest BCUT2D eigenvalue weighted by Gasteiger charge is -2.09. The van der Waals surface area contributed by atoms with Crippen molar-refractivity contribution in [2.45, 2.75) is 32.7 Å². The van der Waals surface area contributed by atoms with Crippen molar-refractivity contribution in [2.24, 2.45) is 0 Å². The summed E-state index contributed by atoms with van der Waals surface area (Å²) in [5.74, 6) is 0. The average Bonchev–Trinajstić information content (AvgIpc) is 3.02. The smallest absolute Gasteiger partial charge is 0.269 e. The minimum atomic E-state index is -0.359. The number of fused-ring (bicyclic) bond motifs is 1. The molecule has 0 unspecified atom stereocenters. The number of nitro groups is 1. The van der Waals surface area contributed by atoms with Crippen LogP contribution >= 0.6 is 0 Å². The van der Waals surface area contributed by atoms with Gasteiger partial charge >= 0.3 is 0 Å². The van der Waals surface area contributed by atoms with Gasteiger partial charge in [0, 0.05) is 24.4 Å². The van der Waals surface area contributed by atoms with Crippen molar-refractivity contribution in [1.82, 2.24) is 14.7 Å². The van der Waals surface area contributed by atoms with Crippen LogP contribution in [0, 0.1) is 17.0 Å². The summed E-state index contributed by atoms with van der Waals surface area (Å²) in [5.41, 5.74) is 5.67. The third-order valence-corrected chi connectivity index (χ3v) is 4.10. The number of non-ortho nitro benzene ring substituents is 1. The highest BCUT2D eigenvalue weighted by Crippen LogP contribution is 2.30. The van der Waals surface area contributed by atoms with Crippen LogP contribution in [0.15, 0.2) is 18.2 Å². The molecule has 0 radical (unpaired) electrons. The van der Waals surface area contributed by atoms with Crippen LogP contribution in [-0.2, 0) is 19.4 Å². The predicted molar refractivity (Wildman–Crippen MR) is 84.4 cm³/mol. The molecule has 6 nitrogen and oxygen atoms in total. The number of nitrogens with zero attached hydrogens (tertiary/aromatic N) is 4. The molecule has 0 saturated carbocycles. The molecule has 0 amide bonds. The van der Waals surface area contributed by atoms with Gasteiger partial charge in [-0.15, -0.1) is 0 Å². The molecule has 3 rings (SSSR count). The Morgan fingerprint density at radius 3 is 2.77 bits per heavy atom. The van der Waals surface area contributed by atoms with E-state index in [2.05, 4.69) is 4.90 Å². The number of aryl methyl sites for hydroxylation is 1. The zero-order valence-electron chi connectivity index (χ0n) is 13.2. The quantitative estimate of drug-likeness (QED) is 0.643. The third kappa shape index (κ3) is 2.50. The Morgan fingerprint density at radius 1 is 1.36 bits per heavy atom. The van der Waals surface area contributed by atoms with E-state index in [0.29, 0.717) is 0 Å². The second-order valence-corrected chi connectivity index (χ2v) is 6.10. The Bertz CT molecular complexity index is 734. The van der Waals surface area contributed by atoms with E-state index in [-0.39, 0.29) is 10.6 Å². The average molecular weight is 300 g/mol. The molecule has 1 aliphatic carbocycles. The molecule has 0 atom stereocenters. The first-order valence-electron chi connectivity index (χ1n) is 7.47. The second kappa shape index (κ2) is 5.53. The fourth-order valence-corrected chi connectivity index (χ4v) is 3.13. The summed E-state index contributed by atoms with van der Waals surface area (Å²) in [4.78, 5) is 12.7. The van der Waals surface area contributed by atoms with Gasteiger partial charge in [0.15, 0.2) is 0 Å². The fourth-order valence-electron chi connectivity index (χ4n) is 3.13. The number of hydrogen-bond acceptors (Lipinski definition) is 4. The highest BCUT2D eigenvalue weighted by molar-refractivity contribution is 5.49. The summed E-state index contributed by atoms with van der Waals surface area (Å²) >= 11 is 0. The Morgan fingerprint density at radius 2 is 2.14 bits per heavy atom. The van der Waals surface area contributed by atoms with Gasteiger partial charge in [-0.05, 0) is 57.5 Å². The van der Waals surface area contributed by atoms with E-state index < -0.39 is 0 Å². The maximum absolute atomic E-state index is 10.9. The van der Waals surface area contributed by atoms with Crippen molar-refractivity contribution < 1.29 is 4.92 Å². The molecule has 0 aliphatic heterocycles. The van der Waals surface area contributed by atoms with E-state index in [4.69, 9.17) is 5.10 Å². The number of rotatable bonds is 4. The van der Waals surface area contributed by atoms with Gasteiger partial charge in [-0.2, -0.15) is 5.10 Å². The lowest BCUT2D eigenvalue weighted by Crippen LogP contribution is -2.13. The first-order chi connectivity index (χ1) is 10.5. The number of nitro benzene ring substituents is 1. The van der Waals surface area contributed by atoms with Crippen molar-refractivity contribution in [1.29, 1.82) is 0 Å². The molecule has 1 aliphatic rings. The summed E-state index contributed by atoms with van der Waals surface area (Å²) in [5, 5.41) is 15.7. The molecule has 116 valence electrons. The summed E-state index contributed by atoms with van der Waals surface area (Å²) < 4.78 is 1.99. The molecular weight excluding hydrogens is 280 g/mol. The summed E-state index contributed by atoms with van der Waals surface area (Å²) in [6, 6.07) is 4.97. The summed E-state index contributed by atoms with van der Waals surface area (Å²) in [7, 11) is 4.08. The molecule has 0 spiro atoms. The molecule has 1 aromatic heterocycles. The zero-order valence-corrected chi connectivity index (χ0v) is 13.2. The molecule has 0 N–H and O–H groups in total. The Hall–Kier alpha value is -2.21. The molecule has 0 fully saturated rings. The van der Waals surface area contributed by atoms with Gasteiger partial charge in [0.1, 0.15) is 0 Å². The van der Waals surface area contributed by atoms with Crippen LogP contribution in [0.1, 0.15) is 28.9 Å². The van der Waals surface area contributed by atoms with E-state index in [1.54, 1.807) is 18.2 Å². The maximum Gasteiger partial charge on any atom is 0.269 e. The minimum absolute atomic E-state index is 0.124. The predicted octanol–water partition coefficient (Wildman–Crippen LogP) is 2.64. The van der Waals surface area contributed by atoms with Crippen molar-refractivity contribution >= 4 is 5.69 Å². The molecule has 22 heavy (non-hydrogen) atoms. The van der Waals surface area contributed by atoms with Gasteiger partial charge in [-0.25, -0.2) is 4.68 Å². The highest BCUT2D eigenvalue weighted by atomic mass is 16.6. The van der Waals surface area contributed by atoms with Crippen LogP contribution in [0.2, 0.25) is 0 Å². The molecule has 6 heteroatoms. The van der Waals surface area contributed by atoms with E-state index in [9.17, 15) is 10.1 Å². The van der Waals surface area contributed by atoms with Crippen LogP contribution < -0.4 is 0 Å². The van der Waals surface area contributed by atoms with Crippen LogP contribution in [0.25, 0.3) is 5.69 Å². The number of hydrogen-bond donors (Lipinski definition) is 0. The van der Waals surface area contributed by atoms with Crippen molar-refractivity contribution in [3.05, 3.63) is 50.8 Å². The monoisotopic (exact) mass is 300 g/mol. The van der Waals surface area contributed by atoms with Gasteiger partial charge in [0.25, 0.3) is 5.69 Å². The van der Waals surface area contributed by atoms with Crippen molar-refractivity contribution in [3.8, 4) is 5.69 Å². The molecule has 2 aromatic rings. The van der Waals surface area contributed by atoms with Crippen molar-refractivity contribution in [3.63, 3.8) is 0 Å². The van der Waals surface area contributed by atoms with E-state index >= 15 is 0 Å². The normalized spacial score (nSPS) is 13.6. The van der Waals surface area contributed by atoms with Gasteiger partial charge in [0.05, 0.1) is 16.3 Å². The Labute approximate surface area is 129 Å². The lowest BCUT2D eigenvalue weighted by molar-refractivity contribution is -0.384. The molecular formula is C16H20N4O2. The molecule has 1 heterocycles. The maximum atomic E-state index is 10.9. The largest absolute Gasteiger partial charge is 0.303 e. The summed E-state index contributed by atoms with van der Waals surface area (Å²) in [6.45, 7) is 2.72. The first kappa shape index (κ1) is 14.7. The van der Waals surface area contributed by atoms with Gasteiger partial charge in [-0.3, -0.25) is 10.1 Å². The highest BCUT2D eigenvalue weighted by Gasteiger charge is 2.24. The van der Waals surface area contributed by atoms with Gasteiger partial charge in [-0.1, -0.05) is 0 Å². The zero-order chi connectivity index (χ0) is 15.9. The van der Waals surface area contributed by atoms with Gasteiger partial charge < -0.3 is 4.90 Å². The van der Waals surface area contributed by atoms with E-state index in [1.165, 1.54) is 11.3 Å². The third-order valence-electron chi connectivity index (χ3n) is 4.10. The van der Waals surface area contributed by atoms with Crippen LogP contribution in [-0.4, -0.2) is 33.7 Å². The molecule has 0 saturated heterocycles. The number of benzene rings is 1. The molecule has 1 aromatic carbocycles. The second-order valence-electron chi connectivity index (χ2n) is 6.10. The number of aromatic nitrogens is 2. The SMILES string of the molecule is Cc1cc([N+](=O)[O-])ccc1-n1nc(CN(C)C)c2c1CCC2. The van der Waals surface area contributed by atoms with Crippen LogP contribution in [0.4, 0.5) is 5.69 Å². The summed E-state index contributed by atoms with van der Waals surface area (Å²) in [6.07, 6.45) is 3.25.